The molecule has 0 saturated carbocycles. The standard InChI is InChI=1S/C20H21NO2S/c1-15(22)24-14-18-12-20(23)21(13-18)19-9-7-17(8-10-19)11-16-5-3-2-4-6-16/h2-10,18H,11-14H2,1H3. The zero-order chi connectivity index (χ0) is 16.9. The molecule has 1 amide bonds. The highest BCUT2D eigenvalue weighted by atomic mass is 32.2. The average molecular weight is 339 g/mol. The van der Waals surface area contributed by atoms with Gasteiger partial charge in [0.2, 0.25) is 5.91 Å². The summed E-state index contributed by atoms with van der Waals surface area (Å²) in [6.07, 6.45) is 1.43. The van der Waals surface area contributed by atoms with E-state index >= 15 is 0 Å². The summed E-state index contributed by atoms with van der Waals surface area (Å²) >= 11 is 1.31. The molecule has 1 fully saturated rings. The quantitative estimate of drug-likeness (QED) is 0.829. The lowest BCUT2D eigenvalue weighted by Gasteiger charge is -2.17. The molecule has 3 rings (SSSR count). The predicted molar refractivity (Wildman–Crippen MR) is 99.3 cm³/mol. The zero-order valence-electron chi connectivity index (χ0n) is 13.8. The number of carbonyl (C=O) groups excluding carboxylic acids is 2. The summed E-state index contributed by atoms with van der Waals surface area (Å²) in [5.74, 6) is 1.14. The van der Waals surface area contributed by atoms with Gasteiger partial charge in [-0.2, -0.15) is 0 Å². The lowest BCUT2D eigenvalue weighted by Crippen LogP contribution is -2.24. The van der Waals surface area contributed by atoms with Crippen LogP contribution in [0, 0.1) is 5.92 Å². The molecule has 4 heteroatoms. The molecule has 0 aromatic heterocycles. The molecular formula is C20H21NO2S. The van der Waals surface area contributed by atoms with Crippen molar-refractivity contribution in [3.05, 3.63) is 65.7 Å². The first-order valence-corrected chi connectivity index (χ1v) is 9.17. The lowest BCUT2D eigenvalue weighted by molar-refractivity contribution is -0.117. The summed E-state index contributed by atoms with van der Waals surface area (Å²) in [5.41, 5.74) is 3.47. The summed E-state index contributed by atoms with van der Waals surface area (Å²) in [5, 5.41) is 0.117. The predicted octanol–water partition coefficient (Wildman–Crippen LogP) is 3.91. The number of carbonyl (C=O) groups is 2. The number of nitrogens with zero attached hydrogens (tertiary/aromatic N) is 1. The van der Waals surface area contributed by atoms with E-state index in [0.717, 1.165) is 17.9 Å². The van der Waals surface area contributed by atoms with E-state index < -0.39 is 0 Å². The van der Waals surface area contributed by atoms with Crippen molar-refractivity contribution >= 4 is 28.5 Å². The second kappa shape index (κ2) is 7.67. The average Bonchev–Trinajstić information content (AvgIpc) is 2.96. The fraction of sp³-hybridized carbons (Fsp3) is 0.300. The molecule has 0 N–H and O–H groups in total. The van der Waals surface area contributed by atoms with Crippen LogP contribution in [0.1, 0.15) is 24.5 Å². The normalized spacial score (nSPS) is 17.3. The second-order valence-corrected chi connectivity index (χ2v) is 7.40. The number of anilines is 1. The summed E-state index contributed by atoms with van der Waals surface area (Å²) in [7, 11) is 0. The van der Waals surface area contributed by atoms with E-state index in [1.807, 2.05) is 35.2 Å². The molecule has 2 aromatic rings. The Hall–Kier alpha value is -2.07. The molecule has 1 aliphatic rings. The molecule has 2 aromatic carbocycles. The summed E-state index contributed by atoms with van der Waals surface area (Å²) < 4.78 is 0. The molecule has 1 aliphatic heterocycles. The van der Waals surface area contributed by atoms with Crippen LogP contribution < -0.4 is 4.90 Å². The molecule has 1 unspecified atom stereocenters. The maximum Gasteiger partial charge on any atom is 0.227 e. The highest BCUT2D eigenvalue weighted by Gasteiger charge is 2.30. The fourth-order valence-electron chi connectivity index (χ4n) is 3.00. The third-order valence-corrected chi connectivity index (χ3v) is 5.27. The van der Waals surface area contributed by atoms with Crippen molar-refractivity contribution in [3.63, 3.8) is 0 Å². The minimum absolute atomic E-state index is 0.117. The number of hydrogen-bond acceptors (Lipinski definition) is 3. The second-order valence-electron chi connectivity index (χ2n) is 6.21. The smallest absolute Gasteiger partial charge is 0.227 e. The van der Waals surface area contributed by atoms with Crippen molar-refractivity contribution in [1.82, 2.24) is 0 Å². The van der Waals surface area contributed by atoms with Crippen LogP contribution in [0.2, 0.25) is 0 Å². The molecule has 1 atom stereocenters. The van der Waals surface area contributed by atoms with Gasteiger partial charge in [0.1, 0.15) is 0 Å². The van der Waals surface area contributed by atoms with Gasteiger partial charge in [-0.25, -0.2) is 0 Å². The van der Waals surface area contributed by atoms with E-state index in [4.69, 9.17) is 0 Å². The van der Waals surface area contributed by atoms with Crippen molar-refractivity contribution in [1.29, 1.82) is 0 Å². The van der Waals surface area contributed by atoms with Gasteiger partial charge in [0.05, 0.1) is 0 Å². The van der Waals surface area contributed by atoms with Crippen LogP contribution in [0.25, 0.3) is 0 Å². The first-order chi connectivity index (χ1) is 11.6. The number of amides is 1. The van der Waals surface area contributed by atoms with Gasteiger partial charge in [-0.3, -0.25) is 9.59 Å². The highest BCUT2D eigenvalue weighted by molar-refractivity contribution is 8.13. The van der Waals surface area contributed by atoms with Gasteiger partial charge in [-0.1, -0.05) is 54.2 Å². The molecule has 1 heterocycles. The van der Waals surface area contributed by atoms with Gasteiger partial charge in [0.25, 0.3) is 0 Å². The first kappa shape index (κ1) is 16.8. The van der Waals surface area contributed by atoms with E-state index in [0.29, 0.717) is 13.0 Å². The minimum atomic E-state index is 0.117. The monoisotopic (exact) mass is 339 g/mol. The number of hydrogen-bond donors (Lipinski definition) is 0. The molecule has 3 nitrogen and oxygen atoms in total. The van der Waals surface area contributed by atoms with E-state index in [-0.39, 0.29) is 16.9 Å². The lowest BCUT2D eigenvalue weighted by atomic mass is 10.0. The molecule has 124 valence electrons. The van der Waals surface area contributed by atoms with Crippen LogP contribution in [0.5, 0.6) is 0 Å². The van der Waals surface area contributed by atoms with E-state index in [9.17, 15) is 9.59 Å². The number of benzene rings is 2. The molecule has 24 heavy (non-hydrogen) atoms. The van der Waals surface area contributed by atoms with Crippen LogP contribution in [-0.4, -0.2) is 23.3 Å². The highest BCUT2D eigenvalue weighted by Crippen LogP contribution is 2.28. The van der Waals surface area contributed by atoms with Crippen molar-refractivity contribution < 1.29 is 9.59 Å². The maximum absolute atomic E-state index is 12.2. The minimum Gasteiger partial charge on any atom is -0.312 e. The third kappa shape index (κ3) is 4.26. The Bertz CT molecular complexity index is 712. The van der Waals surface area contributed by atoms with Crippen molar-refractivity contribution in [2.75, 3.05) is 17.2 Å². The molecular weight excluding hydrogens is 318 g/mol. The number of rotatable bonds is 5. The van der Waals surface area contributed by atoms with Crippen molar-refractivity contribution in [2.24, 2.45) is 5.92 Å². The van der Waals surface area contributed by atoms with Crippen LogP contribution in [0.15, 0.2) is 54.6 Å². The zero-order valence-corrected chi connectivity index (χ0v) is 14.6. The fourth-order valence-corrected chi connectivity index (χ4v) is 3.70. The Morgan fingerprint density at radius 1 is 1.08 bits per heavy atom. The first-order valence-electron chi connectivity index (χ1n) is 8.18. The van der Waals surface area contributed by atoms with Crippen LogP contribution in [0.3, 0.4) is 0 Å². The van der Waals surface area contributed by atoms with Gasteiger partial charge >= 0.3 is 0 Å². The van der Waals surface area contributed by atoms with Gasteiger partial charge in [0.15, 0.2) is 5.12 Å². The maximum atomic E-state index is 12.2. The van der Waals surface area contributed by atoms with Crippen LogP contribution >= 0.6 is 11.8 Å². The topological polar surface area (TPSA) is 37.4 Å². The van der Waals surface area contributed by atoms with Gasteiger partial charge < -0.3 is 4.90 Å². The Kier molecular flexibility index (Phi) is 5.36. The molecule has 1 saturated heterocycles. The molecule has 0 aliphatic carbocycles. The van der Waals surface area contributed by atoms with Crippen LogP contribution in [-0.2, 0) is 16.0 Å². The largest absolute Gasteiger partial charge is 0.312 e. The van der Waals surface area contributed by atoms with Crippen molar-refractivity contribution in [3.8, 4) is 0 Å². The third-order valence-electron chi connectivity index (χ3n) is 4.23. The molecule has 0 bridgehead atoms. The Balaban J connectivity index is 1.63. The van der Waals surface area contributed by atoms with Gasteiger partial charge in [0, 0.05) is 31.3 Å². The summed E-state index contributed by atoms with van der Waals surface area (Å²) in [6.45, 7) is 2.28. The molecule has 0 radical (unpaired) electrons. The van der Waals surface area contributed by atoms with E-state index in [1.165, 1.54) is 22.9 Å². The van der Waals surface area contributed by atoms with Gasteiger partial charge in [-0.05, 0) is 35.6 Å². The van der Waals surface area contributed by atoms with E-state index in [2.05, 4.69) is 24.3 Å². The van der Waals surface area contributed by atoms with Crippen LogP contribution in [0.4, 0.5) is 5.69 Å². The Morgan fingerprint density at radius 3 is 2.42 bits per heavy atom. The SMILES string of the molecule is CC(=O)SCC1CC(=O)N(c2ccc(Cc3ccccc3)cc2)C1. The summed E-state index contributed by atoms with van der Waals surface area (Å²) in [6, 6.07) is 18.6. The molecule has 0 spiro atoms. The number of thioether (sulfide) groups is 1. The summed E-state index contributed by atoms with van der Waals surface area (Å²) in [4.78, 5) is 25.2. The van der Waals surface area contributed by atoms with Crippen molar-refractivity contribution in [2.45, 2.75) is 19.8 Å². The Labute approximate surface area is 147 Å². The van der Waals surface area contributed by atoms with Gasteiger partial charge in [-0.15, -0.1) is 0 Å². The Morgan fingerprint density at radius 2 is 1.75 bits per heavy atom. The van der Waals surface area contributed by atoms with E-state index in [1.54, 1.807) is 6.92 Å².